The van der Waals surface area contributed by atoms with Crippen LogP contribution in [0.15, 0.2) is 6.07 Å². The van der Waals surface area contributed by atoms with Crippen molar-refractivity contribution in [2.75, 3.05) is 0 Å². The molecule has 1 aliphatic carbocycles. The Bertz CT molecular complexity index is 413. The van der Waals surface area contributed by atoms with Crippen molar-refractivity contribution in [1.82, 2.24) is 15.2 Å². The van der Waals surface area contributed by atoms with E-state index >= 15 is 0 Å². The highest BCUT2D eigenvalue weighted by Gasteiger charge is 2.33. The van der Waals surface area contributed by atoms with E-state index in [1.165, 1.54) is 43.5 Å². The van der Waals surface area contributed by atoms with Crippen LogP contribution in [0.25, 0.3) is 0 Å². The Balaban J connectivity index is 2.28. The van der Waals surface area contributed by atoms with Crippen LogP contribution in [0, 0.1) is 11.8 Å². The summed E-state index contributed by atoms with van der Waals surface area (Å²) in [6.45, 7) is 7.54. The SMILES string of the molecule is CCc1cc(C(NN)C2CCCCC2CC)n(CC)n1. The lowest BCUT2D eigenvalue weighted by Crippen LogP contribution is -2.39. The number of nitrogens with zero attached hydrogens (tertiary/aromatic N) is 2. The molecule has 0 spiro atoms. The third-order valence-corrected chi connectivity index (χ3v) is 4.94. The molecule has 2 rings (SSSR count). The minimum Gasteiger partial charge on any atom is -0.271 e. The molecule has 0 radical (unpaired) electrons. The van der Waals surface area contributed by atoms with Gasteiger partial charge in [0.15, 0.2) is 0 Å². The van der Waals surface area contributed by atoms with Crippen LogP contribution < -0.4 is 11.3 Å². The maximum atomic E-state index is 5.94. The third kappa shape index (κ3) is 3.07. The summed E-state index contributed by atoms with van der Waals surface area (Å²) in [7, 11) is 0. The summed E-state index contributed by atoms with van der Waals surface area (Å²) in [5, 5.41) is 4.68. The monoisotopic (exact) mass is 278 g/mol. The number of hydrogen-bond acceptors (Lipinski definition) is 3. The molecule has 0 bridgehead atoms. The average molecular weight is 278 g/mol. The molecule has 0 aliphatic heterocycles. The molecule has 0 amide bonds. The summed E-state index contributed by atoms with van der Waals surface area (Å²) in [5.41, 5.74) is 5.55. The summed E-state index contributed by atoms with van der Waals surface area (Å²) < 4.78 is 2.13. The second-order valence-electron chi connectivity index (χ2n) is 5.99. The van der Waals surface area contributed by atoms with E-state index in [-0.39, 0.29) is 6.04 Å². The highest BCUT2D eigenvalue weighted by molar-refractivity contribution is 5.16. The molecule has 4 nitrogen and oxygen atoms in total. The molecule has 1 aliphatic rings. The standard InChI is InChI=1S/C16H30N4/c1-4-12-9-7-8-10-14(12)16(18-17)15-11-13(5-2)19-20(15)6-3/h11-12,14,16,18H,4-10,17H2,1-3H3. The fourth-order valence-corrected chi connectivity index (χ4v) is 3.77. The van der Waals surface area contributed by atoms with E-state index in [2.05, 4.69) is 42.0 Å². The summed E-state index contributed by atoms with van der Waals surface area (Å²) in [5.74, 6) is 7.37. The van der Waals surface area contributed by atoms with Gasteiger partial charge in [-0.2, -0.15) is 5.10 Å². The van der Waals surface area contributed by atoms with E-state index in [9.17, 15) is 0 Å². The molecule has 1 saturated carbocycles. The Hall–Kier alpha value is -0.870. The van der Waals surface area contributed by atoms with Crippen molar-refractivity contribution in [2.24, 2.45) is 17.7 Å². The van der Waals surface area contributed by atoms with Gasteiger partial charge in [0.2, 0.25) is 0 Å². The van der Waals surface area contributed by atoms with Gasteiger partial charge in [0.1, 0.15) is 0 Å². The summed E-state index contributed by atoms with van der Waals surface area (Å²) in [4.78, 5) is 0. The first-order valence-corrected chi connectivity index (χ1v) is 8.27. The van der Waals surface area contributed by atoms with Crippen LogP contribution in [0.5, 0.6) is 0 Å². The van der Waals surface area contributed by atoms with Crippen LogP contribution in [0.4, 0.5) is 0 Å². The number of hydrogen-bond donors (Lipinski definition) is 2. The van der Waals surface area contributed by atoms with Gasteiger partial charge in [0.25, 0.3) is 0 Å². The average Bonchev–Trinajstić information content (AvgIpc) is 2.92. The zero-order valence-electron chi connectivity index (χ0n) is 13.2. The van der Waals surface area contributed by atoms with Gasteiger partial charge in [-0.15, -0.1) is 0 Å². The lowest BCUT2D eigenvalue weighted by Gasteiger charge is -2.36. The summed E-state index contributed by atoms with van der Waals surface area (Å²) in [6, 6.07) is 2.49. The van der Waals surface area contributed by atoms with Crippen molar-refractivity contribution in [3.63, 3.8) is 0 Å². The minimum absolute atomic E-state index is 0.244. The number of aryl methyl sites for hydroxylation is 2. The van der Waals surface area contributed by atoms with Crippen LogP contribution in [0.2, 0.25) is 0 Å². The fourth-order valence-electron chi connectivity index (χ4n) is 3.77. The third-order valence-electron chi connectivity index (χ3n) is 4.94. The number of nitrogens with two attached hydrogens (primary N) is 1. The van der Waals surface area contributed by atoms with Crippen LogP contribution in [0.1, 0.15) is 70.3 Å². The fraction of sp³-hybridized carbons (Fsp3) is 0.812. The van der Waals surface area contributed by atoms with E-state index in [1.807, 2.05) is 0 Å². The quantitative estimate of drug-likeness (QED) is 0.620. The van der Waals surface area contributed by atoms with Gasteiger partial charge in [-0.3, -0.25) is 16.0 Å². The number of rotatable bonds is 6. The number of nitrogens with one attached hydrogen (secondary N) is 1. The van der Waals surface area contributed by atoms with Crippen molar-refractivity contribution in [3.05, 3.63) is 17.5 Å². The van der Waals surface area contributed by atoms with Gasteiger partial charge in [0.05, 0.1) is 17.4 Å². The molecule has 1 heterocycles. The Morgan fingerprint density at radius 3 is 2.70 bits per heavy atom. The zero-order valence-corrected chi connectivity index (χ0v) is 13.2. The molecule has 0 aromatic carbocycles. The maximum absolute atomic E-state index is 5.94. The first-order valence-electron chi connectivity index (χ1n) is 8.27. The van der Waals surface area contributed by atoms with E-state index in [0.29, 0.717) is 5.92 Å². The van der Waals surface area contributed by atoms with Gasteiger partial charge < -0.3 is 0 Å². The van der Waals surface area contributed by atoms with Gasteiger partial charge in [-0.25, -0.2) is 0 Å². The zero-order chi connectivity index (χ0) is 14.5. The van der Waals surface area contributed by atoms with Crippen molar-refractivity contribution in [1.29, 1.82) is 0 Å². The van der Waals surface area contributed by atoms with Crippen molar-refractivity contribution < 1.29 is 0 Å². The van der Waals surface area contributed by atoms with E-state index < -0.39 is 0 Å². The van der Waals surface area contributed by atoms with E-state index in [0.717, 1.165) is 18.9 Å². The lowest BCUT2D eigenvalue weighted by molar-refractivity contribution is 0.170. The molecular weight excluding hydrogens is 248 g/mol. The summed E-state index contributed by atoms with van der Waals surface area (Å²) >= 11 is 0. The molecule has 4 heteroatoms. The Morgan fingerprint density at radius 1 is 1.35 bits per heavy atom. The van der Waals surface area contributed by atoms with Gasteiger partial charge in [0, 0.05) is 6.54 Å². The second kappa shape index (κ2) is 7.23. The molecular formula is C16H30N4. The highest BCUT2D eigenvalue weighted by Crippen LogP contribution is 2.40. The van der Waals surface area contributed by atoms with Crippen molar-refractivity contribution in [2.45, 2.75) is 71.9 Å². The molecule has 3 N–H and O–H groups in total. The molecule has 1 fully saturated rings. The van der Waals surface area contributed by atoms with Crippen LogP contribution in [0.3, 0.4) is 0 Å². The Labute approximate surface area is 123 Å². The minimum atomic E-state index is 0.244. The Morgan fingerprint density at radius 2 is 2.10 bits per heavy atom. The van der Waals surface area contributed by atoms with Crippen LogP contribution in [-0.4, -0.2) is 9.78 Å². The molecule has 1 aromatic heterocycles. The van der Waals surface area contributed by atoms with E-state index in [1.54, 1.807) is 0 Å². The van der Waals surface area contributed by atoms with Gasteiger partial charge >= 0.3 is 0 Å². The topological polar surface area (TPSA) is 55.9 Å². The van der Waals surface area contributed by atoms with Gasteiger partial charge in [-0.05, 0) is 37.7 Å². The molecule has 114 valence electrons. The molecule has 3 unspecified atom stereocenters. The van der Waals surface area contributed by atoms with Crippen LogP contribution >= 0.6 is 0 Å². The van der Waals surface area contributed by atoms with E-state index in [4.69, 9.17) is 5.84 Å². The predicted molar refractivity (Wildman–Crippen MR) is 83.1 cm³/mol. The first kappa shape index (κ1) is 15.5. The summed E-state index contributed by atoms with van der Waals surface area (Å²) in [6.07, 6.45) is 7.58. The molecule has 0 saturated heterocycles. The molecule has 3 atom stereocenters. The van der Waals surface area contributed by atoms with Gasteiger partial charge in [-0.1, -0.05) is 39.5 Å². The largest absolute Gasteiger partial charge is 0.271 e. The molecule has 20 heavy (non-hydrogen) atoms. The van der Waals surface area contributed by atoms with Crippen molar-refractivity contribution >= 4 is 0 Å². The number of aromatic nitrogens is 2. The van der Waals surface area contributed by atoms with Crippen molar-refractivity contribution in [3.8, 4) is 0 Å². The normalized spacial score (nSPS) is 24.8. The predicted octanol–water partition coefficient (Wildman–Crippen LogP) is 3.19. The maximum Gasteiger partial charge on any atom is 0.0659 e. The Kier molecular flexibility index (Phi) is 5.61. The molecule has 1 aromatic rings. The lowest BCUT2D eigenvalue weighted by atomic mass is 9.73. The highest BCUT2D eigenvalue weighted by atomic mass is 15.3. The smallest absolute Gasteiger partial charge is 0.0659 e. The van der Waals surface area contributed by atoms with Crippen LogP contribution in [-0.2, 0) is 13.0 Å². The second-order valence-corrected chi connectivity index (χ2v) is 5.99. The number of hydrazine groups is 1. The first-order chi connectivity index (χ1) is 9.74.